The molecule has 3 heterocycles. The summed E-state index contributed by atoms with van der Waals surface area (Å²) in [5.41, 5.74) is 5.70. The van der Waals surface area contributed by atoms with Crippen molar-refractivity contribution in [2.45, 2.75) is 56.8 Å². The Morgan fingerprint density at radius 2 is 1.87 bits per heavy atom. The van der Waals surface area contributed by atoms with Crippen molar-refractivity contribution in [3.05, 3.63) is 36.2 Å². The molecule has 1 aliphatic heterocycles. The highest BCUT2D eigenvalue weighted by Crippen LogP contribution is 2.27. The van der Waals surface area contributed by atoms with Crippen molar-refractivity contribution < 1.29 is 13.9 Å². The Balaban J connectivity index is 1.30. The molecule has 2 aromatic heterocycles. The first kappa shape index (κ1) is 20.3. The summed E-state index contributed by atoms with van der Waals surface area (Å²) in [4.78, 5) is 26.8. The van der Waals surface area contributed by atoms with E-state index >= 15 is 0 Å². The summed E-state index contributed by atoms with van der Waals surface area (Å²) < 4.78 is 19.3. The van der Waals surface area contributed by atoms with Gasteiger partial charge in [0.15, 0.2) is 0 Å². The van der Waals surface area contributed by atoms with Crippen molar-refractivity contribution in [2.75, 3.05) is 23.3 Å². The predicted molar refractivity (Wildman–Crippen MR) is 111 cm³/mol. The minimum atomic E-state index is -0.705. The molecule has 0 spiro atoms. The maximum atomic E-state index is 13.4. The van der Waals surface area contributed by atoms with Crippen molar-refractivity contribution in [1.82, 2.24) is 15.0 Å². The summed E-state index contributed by atoms with van der Waals surface area (Å²) in [6, 6.07) is 5.41. The summed E-state index contributed by atoms with van der Waals surface area (Å²) in [6.45, 7) is 1.36. The lowest BCUT2D eigenvalue weighted by Gasteiger charge is -2.31. The molecule has 0 aromatic carbocycles. The Morgan fingerprint density at radius 1 is 1.10 bits per heavy atom. The number of ether oxygens (including phenoxy) is 1. The predicted octanol–water partition coefficient (Wildman–Crippen LogP) is 2.71. The van der Waals surface area contributed by atoms with Gasteiger partial charge in [0, 0.05) is 31.5 Å². The molecule has 9 heteroatoms. The summed E-state index contributed by atoms with van der Waals surface area (Å²) >= 11 is 0. The van der Waals surface area contributed by atoms with Gasteiger partial charge in [-0.1, -0.05) is 0 Å². The molecule has 0 bridgehead atoms. The molecule has 1 saturated heterocycles. The molecular weight excluding hydrogens is 387 g/mol. The van der Waals surface area contributed by atoms with Crippen LogP contribution in [0.2, 0.25) is 0 Å². The lowest BCUT2D eigenvalue weighted by molar-refractivity contribution is 0.0983. The van der Waals surface area contributed by atoms with Crippen molar-refractivity contribution in [2.24, 2.45) is 5.73 Å². The molecule has 2 aromatic rings. The number of nitrogens with two attached hydrogens (primary N) is 1. The van der Waals surface area contributed by atoms with Crippen LogP contribution in [0.1, 0.15) is 48.9 Å². The van der Waals surface area contributed by atoms with E-state index < -0.39 is 12.1 Å². The number of hydrogen-bond acceptors (Lipinski definition) is 7. The molecular formula is C21H27FN6O2. The molecule has 4 rings (SSSR count). The molecule has 2 fully saturated rings. The lowest BCUT2D eigenvalue weighted by Crippen LogP contribution is -2.35. The van der Waals surface area contributed by atoms with Crippen molar-refractivity contribution in [3.63, 3.8) is 0 Å². The Morgan fingerprint density at radius 3 is 2.60 bits per heavy atom. The van der Waals surface area contributed by atoms with E-state index in [0.717, 1.165) is 31.5 Å². The zero-order valence-electron chi connectivity index (χ0n) is 16.8. The number of pyridine rings is 1. The summed E-state index contributed by atoms with van der Waals surface area (Å²) in [5, 5.41) is 3.41. The van der Waals surface area contributed by atoms with Crippen molar-refractivity contribution in [3.8, 4) is 5.88 Å². The fourth-order valence-corrected chi connectivity index (χ4v) is 4.01. The van der Waals surface area contributed by atoms with Gasteiger partial charge in [0.1, 0.15) is 23.7 Å². The molecule has 160 valence electrons. The van der Waals surface area contributed by atoms with Gasteiger partial charge in [0.2, 0.25) is 11.8 Å². The Kier molecular flexibility index (Phi) is 6.25. The normalized spacial score (nSPS) is 22.5. The summed E-state index contributed by atoms with van der Waals surface area (Å²) in [5.74, 6) is 1.20. The molecule has 0 unspecified atom stereocenters. The van der Waals surface area contributed by atoms with Gasteiger partial charge in [0.05, 0.1) is 0 Å². The minimum Gasteiger partial charge on any atom is -0.474 e. The van der Waals surface area contributed by atoms with Gasteiger partial charge in [0.25, 0.3) is 5.91 Å². The van der Waals surface area contributed by atoms with E-state index in [9.17, 15) is 9.18 Å². The third-order valence-electron chi connectivity index (χ3n) is 5.71. The molecule has 3 N–H and O–H groups in total. The number of hydrogen-bond donors (Lipinski definition) is 2. The second-order valence-corrected chi connectivity index (χ2v) is 7.86. The molecule has 30 heavy (non-hydrogen) atoms. The number of alkyl halides is 1. The summed E-state index contributed by atoms with van der Waals surface area (Å²) in [6.07, 6.45) is 7.16. The minimum absolute atomic E-state index is 0.00898. The number of anilines is 2. The fraction of sp³-hybridized carbons (Fsp3) is 0.524. The third kappa shape index (κ3) is 4.95. The molecule has 2 aliphatic rings. The zero-order chi connectivity index (χ0) is 20.9. The van der Waals surface area contributed by atoms with Crippen LogP contribution in [-0.2, 0) is 0 Å². The number of halogens is 1. The Bertz CT molecular complexity index is 866. The van der Waals surface area contributed by atoms with E-state index in [2.05, 4.69) is 25.2 Å². The number of primary amides is 1. The van der Waals surface area contributed by atoms with E-state index in [1.165, 1.54) is 0 Å². The highest BCUT2D eigenvalue weighted by Gasteiger charge is 2.25. The average Bonchev–Trinajstić information content (AvgIpc) is 2.76. The Hall–Kier alpha value is -2.97. The van der Waals surface area contributed by atoms with Gasteiger partial charge in [-0.2, -0.15) is 4.98 Å². The number of amides is 1. The number of nitrogens with one attached hydrogen (secondary N) is 1. The summed E-state index contributed by atoms with van der Waals surface area (Å²) in [7, 11) is 0. The van der Waals surface area contributed by atoms with Gasteiger partial charge in [-0.25, -0.2) is 14.4 Å². The van der Waals surface area contributed by atoms with Crippen LogP contribution >= 0.6 is 0 Å². The number of carbonyl (C=O) groups is 1. The van der Waals surface area contributed by atoms with Gasteiger partial charge in [-0.15, -0.1) is 0 Å². The van der Waals surface area contributed by atoms with E-state index in [1.54, 1.807) is 24.5 Å². The highest BCUT2D eigenvalue weighted by molar-refractivity contribution is 5.94. The molecule has 1 aliphatic carbocycles. The lowest BCUT2D eigenvalue weighted by atomic mass is 9.93. The fourth-order valence-electron chi connectivity index (χ4n) is 4.01. The van der Waals surface area contributed by atoms with E-state index in [0.29, 0.717) is 43.3 Å². The third-order valence-corrected chi connectivity index (χ3v) is 5.71. The number of carbonyl (C=O) groups excluding carboxylic acids is 1. The van der Waals surface area contributed by atoms with Crippen LogP contribution in [0.5, 0.6) is 5.88 Å². The van der Waals surface area contributed by atoms with Gasteiger partial charge >= 0.3 is 0 Å². The largest absolute Gasteiger partial charge is 0.474 e. The molecule has 0 atom stereocenters. The molecule has 8 nitrogen and oxygen atoms in total. The second-order valence-electron chi connectivity index (χ2n) is 7.86. The number of rotatable bonds is 6. The first-order valence-corrected chi connectivity index (χ1v) is 10.5. The molecule has 1 saturated carbocycles. The van der Waals surface area contributed by atoms with Crippen LogP contribution in [0.15, 0.2) is 30.6 Å². The average molecular weight is 414 g/mol. The van der Waals surface area contributed by atoms with Crippen molar-refractivity contribution in [1.29, 1.82) is 0 Å². The maximum Gasteiger partial charge on any atom is 0.254 e. The van der Waals surface area contributed by atoms with Crippen LogP contribution in [0, 0.1) is 0 Å². The van der Waals surface area contributed by atoms with E-state index in [1.807, 2.05) is 6.07 Å². The van der Waals surface area contributed by atoms with Crippen LogP contribution in [0.4, 0.5) is 16.2 Å². The zero-order valence-corrected chi connectivity index (χ0v) is 16.8. The SMILES string of the molecule is NC(=O)c1cccnc1O[C@H]1CC[C@H](Nc2nccc(N3CCC(F)CC3)n2)CC1. The first-order chi connectivity index (χ1) is 14.6. The topological polar surface area (TPSA) is 106 Å². The number of nitrogens with zero attached hydrogens (tertiary/aromatic N) is 4. The van der Waals surface area contributed by atoms with Crippen LogP contribution < -0.4 is 20.7 Å². The Labute approximate surface area is 175 Å². The van der Waals surface area contributed by atoms with Crippen LogP contribution in [-0.4, -0.2) is 52.3 Å². The van der Waals surface area contributed by atoms with Crippen LogP contribution in [0.3, 0.4) is 0 Å². The number of piperidine rings is 1. The van der Waals surface area contributed by atoms with Gasteiger partial charge in [-0.3, -0.25) is 4.79 Å². The second kappa shape index (κ2) is 9.23. The quantitative estimate of drug-likeness (QED) is 0.748. The van der Waals surface area contributed by atoms with Gasteiger partial charge < -0.3 is 20.7 Å². The maximum absolute atomic E-state index is 13.4. The smallest absolute Gasteiger partial charge is 0.254 e. The number of aromatic nitrogens is 3. The standard InChI is InChI=1S/C21H27FN6O2/c22-14-8-12-28(13-9-14)18-7-11-25-21(27-18)26-15-3-5-16(6-4-15)30-20-17(19(23)29)2-1-10-24-20/h1-2,7,10-11,14-16H,3-6,8-9,12-13H2,(H2,23,29)(H,25,26,27)/t15-,16-. The molecule has 0 radical (unpaired) electrons. The monoisotopic (exact) mass is 414 g/mol. The van der Waals surface area contributed by atoms with Crippen molar-refractivity contribution >= 4 is 17.7 Å². The van der Waals surface area contributed by atoms with E-state index in [-0.39, 0.29) is 12.1 Å². The van der Waals surface area contributed by atoms with Crippen LogP contribution in [0.25, 0.3) is 0 Å². The first-order valence-electron chi connectivity index (χ1n) is 10.5. The van der Waals surface area contributed by atoms with Gasteiger partial charge in [-0.05, 0) is 56.7 Å². The highest BCUT2D eigenvalue weighted by atomic mass is 19.1. The molecule has 1 amide bonds. The van der Waals surface area contributed by atoms with E-state index in [4.69, 9.17) is 10.5 Å².